The molecule has 4 rings (SSSR count). The summed E-state index contributed by atoms with van der Waals surface area (Å²) in [6.45, 7) is 7.22. The van der Waals surface area contributed by atoms with Crippen molar-refractivity contribution < 1.29 is 14.3 Å². The number of benzene rings is 2. The van der Waals surface area contributed by atoms with Gasteiger partial charge in [0.1, 0.15) is 0 Å². The van der Waals surface area contributed by atoms with Crippen molar-refractivity contribution in [1.29, 1.82) is 0 Å². The zero-order valence-electron chi connectivity index (χ0n) is 16.0. The van der Waals surface area contributed by atoms with Gasteiger partial charge in [-0.2, -0.15) is 4.37 Å². The van der Waals surface area contributed by atoms with E-state index in [4.69, 9.17) is 0 Å². The zero-order chi connectivity index (χ0) is 20.0. The summed E-state index contributed by atoms with van der Waals surface area (Å²) in [7, 11) is 0. The van der Waals surface area contributed by atoms with Crippen LogP contribution in [0, 0.1) is 12.7 Å². The van der Waals surface area contributed by atoms with E-state index in [-0.39, 0.29) is 23.7 Å². The molecule has 1 aliphatic heterocycles. The number of aryl methyl sites for hydroxylation is 1. The summed E-state index contributed by atoms with van der Waals surface area (Å²) < 4.78 is 19.1. The van der Waals surface area contributed by atoms with Crippen molar-refractivity contribution in [3.05, 3.63) is 47.4 Å². The molecular weight excluding hydrogens is 377 g/mol. The number of hydrogen-bond donors (Lipinski definition) is 2. The molecule has 7 heteroatoms. The summed E-state index contributed by atoms with van der Waals surface area (Å²) in [4.78, 5) is 15.2. The fraction of sp³-hybridized carbons (Fsp3) is 0.333. The predicted molar refractivity (Wildman–Crippen MR) is 109 cm³/mol. The molecule has 0 saturated carbocycles. The van der Waals surface area contributed by atoms with E-state index < -0.39 is 5.82 Å². The van der Waals surface area contributed by atoms with E-state index in [9.17, 15) is 14.3 Å². The lowest BCUT2D eigenvalue weighted by molar-refractivity contribution is 0.0676. The first-order chi connectivity index (χ1) is 13.3. The van der Waals surface area contributed by atoms with Crippen molar-refractivity contribution in [3.63, 3.8) is 0 Å². The number of phenols is 1. The molecule has 2 N–H and O–H groups in total. The van der Waals surface area contributed by atoms with E-state index in [1.807, 2.05) is 24.0 Å². The van der Waals surface area contributed by atoms with Crippen LogP contribution < -0.4 is 5.32 Å². The van der Waals surface area contributed by atoms with Gasteiger partial charge in [-0.25, -0.2) is 4.39 Å². The first-order valence-electron chi connectivity index (χ1n) is 9.26. The third-order valence-electron chi connectivity index (χ3n) is 5.13. The van der Waals surface area contributed by atoms with Gasteiger partial charge >= 0.3 is 0 Å². The first-order valence-corrected chi connectivity index (χ1v) is 10.0. The molecule has 5 nitrogen and oxygen atoms in total. The number of hydrogen-bond acceptors (Lipinski definition) is 5. The van der Waals surface area contributed by atoms with Crippen LogP contribution in [0.3, 0.4) is 0 Å². The molecule has 146 valence electrons. The first kappa shape index (κ1) is 18.8. The van der Waals surface area contributed by atoms with Crippen molar-refractivity contribution in [1.82, 2.24) is 14.6 Å². The minimum Gasteiger partial charge on any atom is -0.505 e. The van der Waals surface area contributed by atoms with Gasteiger partial charge in [0, 0.05) is 36.8 Å². The number of carbonyl (C=O) groups excluding carboxylic acids is 1. The summed E-state index contributed by atoms with van der Waals surface area (Å²) >= 11 is 1.29. The number of nitrogens with one attached hydrogen (secondary N) is 1. The van der Waals surface area contributed by atoms with Crippen LogP contribution in [0.5, 0.6) is 5.75 Å². The molecule has 2 atom stereocenters. The highest BCUT2D eigenvalue weighted by atomic mass is 32.1. The SMILES string of the molecule is Cc1cc(O)c(F)cc1-c1cc(C(=O)N2C[C@@H](C)N[C@@H](C)C2)c2sncc2c1. The number of phenolic OH excluding ortho intramolecular Hbond substituents is 1. The van der Waals surface area contributed by atoms with Crippen molar-refractivity contribution >= 4 is 27.5 Å². The Hall–Kier alpha value is -2.51. The van der Waals surface area contributed by atoms with Crippen molar-refractivity contribution in [3.8, 4) is 16.9 Å². The van der Waals surface area contributed by atoms with Gasteiger partial charge in [0.15, 0.2) is 11.6 Å². The third-order valence-corrected chi connectivity index (χ3v) is 5.98. The molecule has 1 amide bonds. The molecule has 0 unspecified atom stereocenters. The molecule has 0 radical (unpaired) electrons. The van der Waals surface area contributed by atoms with Gasteiger partial charge in [-0.05, 0) is 73.3 Å². The molecule has 0 bridgehead atoms. The number of fused-ring (bicyclic) bond motifs is 1. The number of nitrogens with zero attached hydrogens (tertiary/aromatic N) is 2. The second-order valence-electron chi connectivity index (χ2n) is 7.57. The monoisotopic (exact) mass is 399 g/mol. The van der Waals surface area contributed by atoms with Crippen LogP contribution in [0.2, 0.25) is 0 Å². The molecule has 2 heterocycles. The lowest BCUT2D eigenvalue weighted by atomic mass is 9.96. The van der Waals surface area contributed by atoms with Gasteiger partial charge in [-0.15, -0.1) is 0 Å². The zero-order valence-corrected chi connectivity index (χ0v) is 16.8. The van der Waals surface area contributed by atoms with Crippen LogP contribution in [-0.2, 0) is 0 Å². The number of aromatic nitrogens is 1. The molecule has 1 aliphatic rings. The van der Waals surface area contributed by atoms with Crippen LogP contribution in [0.1, 0.15) is 29.8 Å². The molecule has 1 saturated heterocycles. The Morgan fingerprint density at radius 3 is 2.68 bits per heavy atom. The average Bonchev–Trinajstić information content (AvgIpc) is 3.11. The maximum atomic E-state index is 14.0. The normalized spacial score (nSPS) is 19.9. The number of rotatable bonds is 2. The van der Waals surface area contributed by atoms with Gasteiger partial charge in [0.05, 0.1) is 10.3 Å². The molecule has 28 heavy (non-hydrogen) atoms. The quantitative estimate of drug-likeness (QED) is 0.685. The maximum Gasteiger partial charge on any atom is 0.255 e. The number of carbonyl (C=O) groups is 1. The summed E-state index contributed by atoms with van der Waals surface area (Å²) in [6, 6.07) is 6.90. The largest absolute Gasteiger partial charge is 0.505 e. The van der Waals surface area contributed by atoms with Gasteiger partial charge in [-0.1, -0.05) is 0 Å². The Morgan fingerprint density at radius 1 is 1.25 bits per heavy atom. The lowest BCUT2D eigenvalue weighted by Gasteiger charge is -2.36. The number of amides is 1. The summed E-state index contributed by atoms with van der Waals surface area (Å²) in [5, 5.41) is 13.9. The number of piperazine rings is 1. The topological polar surface area (TPSA) is 65.5 Å². The van der Waals surface area contributed by atoms with Crippen LogP contribution in [-0.4, -0.2) is 45.5 Å². The predicted octanol–water partition coefficient (Wildman–Crippen LogP) is 3.94. The summed E-state index contributed by atoms with van der Waals surface area (Å²) in [6.07, 6.45) is 1.73. The number of aromatic hydroxyl groups is 1. The Bertz CT molecular complexity index is 1060. The van der Waals surface area contributed by atoms with E-state index in [1.165, 1.54) is 23.7 Å². The van der Waals surface area contributed by atoms with E-state index in [2.05, 4.69) is 23.5 Å². The molecule has 1 fully saturated rings. The highest BCUT2D eigenvalue weighted by Crippen LogP contribution is 2.34. The minimum absolute atomic E-state index is 0.0341. The standard InChI is InChI=1S/C21H22FN3O2S/c1-11-4-19(26)18(22)7-16(11)14-5-15-8-23-28-20(15)17(6-14)21(27)25-9-12(2)24-13(3)10-25/h4-8,12-13,24,26H,9-10H2,1-3H3/t12-,13+. The summed E-state index contributed by atoms with van der Waals surface area (Å²) in [5.41, 5.74) is 2.72. The van der Waals surface area contributed by atoms with E-state index in [0.717, 1.165) is 21.2 Å². The minimum atomic E-state index is -0.679. The highest BCUT2D eigenvalue weighted by Gasteiger charge is 2.27. The van der Waals surface area contributed by atoms with E-state index in [1.54, 1.807) is 6.20 Å². The van der Waals surface area contributed by atoms with Crippen molar-refractivity contribution in [2.45, 2.75) is 32.9 Å². The molecular formula is C21H22FN3O2S. The summed E-state index contributed by atoms with van der Waals surface area (Å²) in [5.74, 6) is -1.09. The molecule has 0 aliphatic carbocycles. The average molecular weight is 399 g/mol. The Kier molecular flexibility index (Phi) is 4.81. The fourth-order valence-electron chi connectivity index (χ4n) is 3.94. The Labute approximate surface area is 167 Å². The Balaban J connectivity index is 1.82. The second kappa shape index (κ2) is 7.14. The molecule has 0 spiro atoms. The van der Waals surface area contributed by atoms with E-state index in [0.29, 0.717) is 24.2 Å². The van der Waals surface area contributed by atoms with Crippen LogP contribution in [0.15, 0.2) is 30.5 Å². The lowest BCUT2D eigenvalue weighted by Crippen LogP contribution is -2.55. The fourth-order valence-corrected chi connectivity index (χ4v) is 4.67. The second-order valence-corrected chi connectivity index (χ2v) is 8.37. The molecule has 2 aromatic carbocycles. The third kappa shape index (κ3) is 3.36. The van der Waals surface area contributed by atoms with Crippen LogP contribution in [0.25, 0.3) is 21.2 Å². The van der Waals surface area contributed by atoms with Gasteiger partial charge in [-0.3, -0.25) is 4.79 Å². The molecule has 3 aromatic rings. The van der Waals surface area contributed by atoms with Crippen LogP contribution in [0.4, 0.5) is 4.39 Å². The number of halogens is 1. The van der Waals surface area contributed by atoms with Crippen molar-refractivity contribution in [2.24, 2.45) is 0 Å². The van der Waals surface area contributed by atoms with Crippen molar-refractivity contribution in [2.75, 3.05) is 13.1 Å². The van der Waals surface area contributed by atoms with Gasteiger partial charge < -0.3 is 15.3 Å². The van der Waals surface area contributed by atoms with Gasteiger partial charge in [0.25, 0.3) is 5.91 Å². The molecule has 1 aromatic heterocycles. The van der Waals surface area contributed by atoms with E-state index >= 15 is 0 Å². The smallest absolute Gasteiger partial charge is 0.255 e. The highest BCUT2D eigenvalue weighted by molar-refractivity contribution is 7.13. The van der Waals surface area contributed by atoms with Crippen LogP contribution >= 0.6 is 11.5 Å². The Morgan fingerprint density at radius 2 is 1.96 bits per heavy atom. The maximum absolute atomic E-state index is 14.0. The van der Waals surface area contributed by atoms with Gasteiger partial charge in [0.2, 0.25) is 0 Å².